The van der Waals surface area contributed by atoms with Crippen molar-refractivity contribution in [1.29, 1.82) is 0 Å². The van der Waals surface area contributed by atoms with Crippen LogP contribution in [-0.2, 0) is 23.1 Å². The van der Waals surface area contributed by atoms with E-state index in [0.29, 0.717) is 18.1 Å². The van der Waals surface area contributed by atoms with Gasteiger partial charge in [0.25, 0.3) is 0 Å². The smallest absolute Gasteiger partial charge is 0.335 e. The van der Waals surface area contributed by atoms with Crippen LogP contribution in [0.25, 0.3) is 22.0 Å². The van der Waals surface area contributed by atoms with Gasteiger partial charge in [0.05, 0.1) is 17.3 Å². The number of sulfonamides is 1. The maximum Gasteiger partial charge on any atom is 0.335 e. The minimum atomic E-state index is -4.46. The summed E-state index contributed by atoms with van der Waals surface area (Å²) >= 11 is 0. The monoisotopic (exact) mass is 561 g/mol. The Labute approximate surface area is 227 Å². The second-order valence-corrected chi connectivity index (χ2v) is 10.5. The fourth-order valence-corrected chi connectivity index (χ4v) is 5.19. The van der Waals surface area contributed by atoms with E-state index in [9.17, 15) is 22.0 Å². The summed E-state index contributed by atoms with van der Waals surface area (Å²) in [7, 11) is -4.46. The molecule has 0 saturated heterocycles. The zero-order valence-electron chi connectivity index (χ0n) is 20.7. The van der Waals surface area contributed by atoms with E-state index >= 15 is 0 Å². The number of carboxylic acid groups (broad SMARTS) is 1. The number of nitrogens with zero attached hydrogens (tertiary/aromatic N) is 2. The number of fused-ring (bicyclic) bond motifs is 1. The third-order valence-electron chi connectivity index (χ3n) is 6.24. The number of ether oxygens (including phenoxy) is 1. The van der Waals surface area contributed by atoms with Gasteiger partial charge in [-0.1, -0.05) is 18.2 Å². The second kappa shape index (κ2) is 10.8. The molecule has 0 aliphatic heterocycles. The van der Waals surface area contributed by atoms with Crippen molar-refractivity contribution >= 4 is 26.9 Å². The number of aromatic carboxylic acids is 1. The molecule has 2 heterocycles. The summed E-state index contributed by atoms with van der Waals surface area (Å²) in [6.45, 7) is -0.460. The van der Waals surface area contributed by atoms with Gasteiger partial charge in [0.2, 0.25) is 10.0 Å². The van der Waals surface area contributed by atoms with Crippen LogP contribution in [-0.4, -0.2) is 29.5 Å². The van der Waals surface area contributed by atoms with Gasteiger partial charge in [-0.3, -0.25) is 9.97 Å². The van der Waals surface area contributed by atoms with Crippen molar-refractivity contribution in [3.63, 3.8) is 0 Å². The SMILES string of the molecule is NS(=O)(=O)c1c(F)cc(F)cc1COc1cncc(-c2ccc3nccc(Cc4ccc(C(=O)O)cc4)c3c2)c1. The molecule has 2 aromatic heterocycles. The van der Waals surface area contributed by atoms with Gasteiger partial charge in [-0.05, 0) is 65.6 Å². The molecule has 0 aliphatic carbocycles. The molecular formula is C29H21F2N3O5S. The number of carbonyl (C=O) groups is 1. The molecule has 0 bridgehead atoms. The van der Waals surface area contributed by atoms with E-state index in [1.807, 2.05) is 24.3 Å². The first-order valence-electron chi connectivity index (χ1n) is 11.9. The molecule has 0 amide bonds. The van der Waals surface area contributed by atoms with Crippen LogP contribution >= 0.6 is 0 Å². The largest absolute Gasteiger partial charge is 0.487 e. The number of rotatable bonds is 8. The highest BCUT2D eigenvalue weighted by Crippen LogP contribution is 2.29. The molecule has 5 aromatic rings. The Bertz CT molecular complexity index is 1860. The van der Waals surface area contributed by atoms with Crippen LogP contribution in [0.1, 0.15) is 27.0 Å². The molecule has 11 heteroatoms. The Morgan fingerprint density at radius 2 is 1.70 bits per heavy atom. The lowest BCUT2D eigenvalue weighted by Gasteiger charge is -2.12. The minimum absolute atomic E-state index is 0.212. The number of halogens is 2. The predicted molar refractivity (Wildman–Crippen MR) is 143 cm³/mol. The van der Waals surface area contributed by atoms with Crippen molar-refractivity contribution in [3.8, 4) is 16.9 Å². The standard InChI is InChI=1S/C29H21F2N3O5S/c30-23-10-22(28(26(31)13-23)40(32,37)38)16-39-24-11-21(14-33-15-24)19-5-6-27-25(12-19)20(7-8-34-27)9-17-1-3-18(4-2-17)29(35)36/h1-8,10-15H,9,16H2,(H,35,36)(H2,32,37,38). The average molecular weight is 562 g/mol. The first kappa shape index (κ1) is 26.9. The molecule has 40 heavy (non-hydrogen) atoms. The molecule has 3 N–H and O–H groups in total. The van der Waals surface area contributed by atoms with Crippen LogP contribution in [0.4, 0.5) is 8.78 Å². The number of benzene rings is 3. The molecule has 0 atom stereocenters. The molecular weight excluding hydrogens is 540 g/mol. The van der Waals surface area contributed by atoms with E-state index in [2.05, 4.69) is 9.97 Å². The Morgan fingerprint density at radius 3 is 2.42 bits per heavy atom. The van der Waals surface area contributed by atoms with Crippen molar-refractivity contribution in [1.82, 2.24) is 9.97 Å². The molecule has 3 aromatic carbocycles. The highest BCUT2D eigenvalue weighted by atomic mass is 32.2. The van der Waals surface area contributed by atoms with Gasteiger partial charge in [-0.2, -0.15) is 0 Å². The summed E-state index contributed by atoms with van der Waals surface area (Å²) in [5, 5.41) is 15.1. The first-order valence-corrected chi connectivity index (χ1v) is 13.4. The van der Waals surface area contributed by atoms with Crippen molar-refractivity contribution in [3.05, 3.63) is 119 Å². The number of hydrogen-bond acceptors (Lipinski definition) is 6. The van der Waals surface area contributed by atoms with Crippen LogP contribution in [0.3, 0.4) is 0 Å². The van der Waals surface area contributed by atoms with Gasteiger partial charge in [0.15, 0.2) is 0 Å². The van der Waals surface area contributed by atoms with E-state index in [1.165, 1.54) is 6.20 Å². The molecule has 0 spiro atoms. The first-order chi connectivity index (χ1) is 19.1. The van der Waals surface area contributed by atoms with Gasteiger partial charge in [-0.25, -0.2) is 27.1 Å². The highest BCUT2D eigenvalue weighted by molar-refractivity contribution is 7.89. The number of nitrogens with two attached hydrogens (primary N) is 1. The van der Waals surface area contributed by atoms with Crippen LogP contribution in [0.15, 0.2) is 90.2 Å². The lowest BCUT2D eigenvalue weighted by atomic mass is 9.97. The molecule has 0 aliphatic rings. The summed E-state index contributed by atoms with van der Waals surface area (Å²) in [6.07, 6.45) is 5.28. The Morgan fingerprint density at radius 1 is 0.925 bits per heavy atom. The number of aromatic nitrogens is 2. The highest BCUT2D eigenvalue weighted by Gasteiger charge is 2.21. The fraction of sp³-hybridized carbons (Fsp3) is 0.0690. The summed E-state index contributed by atoms with van der Waals surface area (Å²) < 4.78 is 57.3. The quantitative estimate of drug-likeness (QED) is 0.270. The van der Waals surface area contributed by atoms with Crippen LogP contribution in [0.5, 0.6) is 5.75 Å². The number of primary sulfonamides is 1. The van der Waals surface area contributed by atoms with Crippen molar-refractivity contribution in [2.24, 2.45) is 5.14 Å². The lowest BCUT2D eigenvalue weighted by Crippen LogP contribution is -2.18. The molecule has 8 nitrogen and oxygen atoms in total. The fourth-order valence-electron chi connectivity index (χ4n) is 4.38. The van der Waals surface area contributed by atoms with Gasteiger partial charge < -0.3 is 9.84 Å². The van der Waals surface area contributed by atoms with Crippen LogP contribution < -0.4 is 9.88 Å². The minimum Gasteiger partial charge on any atom is -0.487 e. The number of pyridine rings is 2. The summed E-state index contributed by atoms with van der Waals surface area (Å²) in [4.78, 5) is 19.0. The normalized spacial score (nSPS) is 11.5. The Hall–Kier alpha value is -4.74. The van der Waals surface area contributed by atoms with E-state index in [-0.39, 0.29) is 16.9 Å². The third-order valence-corrected chi connectivity index (χ3v) is 7.26. The molecule has 0 saturated carbocycles. The van der Waals surface area contributed by atoms with Crippen molar-refractivity contribution in [2.45, 2.75) is 17.9 Å². The maximum absolute atomic E-state index is 14.2. The van der Waals surface area contributed by atoms with Crippen molar-refractivity contribution < 1.29 is 31.8 Å². The average Bonchev–Trinajstić information content (AvgIpc) is 2.91. The summed E-state index contributed by atoms with van der Waals surface area (Å²) in [5.41, 5.74) is 4.12. The lowest BCUT2D eigenvalue weighted by molar-refractivity contribution is 0.0697. The number of hydrogen-bond donors (Lipinski definition) is 2. The summed E-state index contributed by atoms with van der Waals surface area (Å²) in [6, 6.07) is 17.2. The van der Waals surface area contributed by atoms with E-state index in [1.54, 1.807) is 42.7 Å². The molecule has 0 unspecified atom stereocenters. The van der Waals surface area contributed by atoms with Crippen molar-refractivity contribution in [2.75, 3.05) is 0 Å². The molecule has 5 rings (SSSR count). The van der Waals surface area contributed by atoms with E-state index in [4.69, 9.17) is 15.0 Å². The van der Waals surface area contributed by atoms with Crippen LogP contribution in [0, 0.1) is 11.6 Å². The Kier molecular flexibility index (Phi) is 7.24. The molecule has 0 radical (unpaired) electrons. The maximum atomic E-state index is 14.2. The van der Waals surface area contributed by atoms with Gasteiger partial charge >= 0.3 is 5.97 Å². The van der Waals surface area contributed by atoms with Crippen LogP contribution in [0.2, 0.25) is 0 Å². The second-order valence-electron chi connectivity index (χ2n) is 9.00. The van der Waals surface area contributed by atoms with E-state index < -0.39 is 39.1 Å². The third kappa shape index (κ3) is 5.80. The Balaban J connectivity index is 1.43. The van der Waals surface area contributed by atoms with Gasteiger partial charge in [0.1, 0.15) is 28.9 Å². The summed E-state index contributed by atoms with van der Waals surface area (Å²) in [5.74, 6) is -3.01. The molecule has 202 valence electrons. The van der Waals surface area contributed by atoms with Gasteiger partial charge in [0, 0.05) is 35.0 Å². The topological polar surface area (TPSA) is 132 Å². The molecule has 0 fully saturated rings. The zero-order valence-corrected chi connectivity index (χ0v) is 21.5. The predicted octanol–water partition coefficient (Wildman–Crippen LogP) is 5.09. The zero-order chi connectivity index (χ0) is 28.4. The number of carboxylic acids is 1. The van der Waals surface area contributed by atoms with E-state index in [0.717, 1.165) is 33.7 Å². The van der Waals surface area contributed by atoms with Gasteiger partial charge in [-0.15, -0.1) is 0 Å².